The van der Waals surface area contributed by atoms with Gasteiger partial charge in [0.1, 0.15) is 5.82 Å². The molecule has 0 aliphatic carbocycles. The lowest BCUT2D eigenvalue weighted by Gasteiger charge is -2.30. The third kappa shape index (κ3) is 3.31. The first-order chi connectivity index (χ1) is 12.7. The van der Waals surface area contributed by atoms with Crippen LogP contribution in [0.5, 0.6) is 0 Å². The number of nitrogens with zero attached hydrogens (tertiary/aromatic N) is 2. The van der Waals surface area contributed by atoms with Gasteiger partial charge >= 0.3 is 0 Å². The molecule has 2 amide bonds. The minimum absolute atomic E-state index is 0.260. The molecule has 27 heavy (non-hydrogen) atoms. The van der Waals surface area contributed by atoms with E-state index in [1.807, 2.05) is 20.8 Å². The average Bonchev–Trinajstić information content (AvgIpc) is 2.96. The maximum Gasteiger partial charge on any atom is 0.257 e. The van der Waals surface area contributed by atoms with Crippen LogP contribution in [0.1, 0.15) is 36.7 Å². The van der Waals surface area contributed by atoms with Crippen molar-refractivity contribution in [1.82, 2.24) is 10.2 Å². The van der Waals surface area contributed by atoms with Crippen molar-refractivity contribution in [1.29, 1.82) is 0 Å². The molecule has 0 unspecified atom stereocenters. The van der Waals surface area contributed by atoms with Crippen LogP contribution in [0.15, 0.2) is 46.1 Å². The fraction of sp³-hybridized carbons (Fsp3) is 0.381. The van der Waals surface area contributed by atoms with E-state index >= 15 is 0 Å². The monoisotopic (exact) mass is 369 g/mol. The van der Waals surface area contributed by atoms with Crippen LogP contribution in [-0.4, -0.2) is 42.6 Å². The van der Waals surface area contributed by atoms with Gasteiger partial charge in [-0.05, 0) is 43.2 Å². The minimum Gasteiger partial charge on any atom is -0.355 e. The zero-order valence-corrected chi connectivity index (χ0v) is 16.3. The number of benzene rings is 1. The lowest BCUT2D eigenvalue weighted by molar-refractivity contribution is -0.116. The Bertz CT molecular complexity index is 925. The van der Waals surface area contributed by atoms with Gasteiger partial charge < -0.3 is 10.2 Å². The fourth-order valence-electron chi connectivity index (χ4n) is 3.65. The van der Waals surface area contributed by atoms with E-state index in [1.54, 1.807) is 25.1 Å². The summed E-state index contributed by atoms with van der Waals surface area (Å²) in [5, 5.41) is 2.65. The van der Waals surface area contributed by atoms with E-state index in [-0.39, 0.29) is 23.0 Å². The standard InChI is InChI=1S/C21H24FN3O2/c1-12-8-14(6-7-17(12)22)20(27)25-10-15(19(26)23-5)18-13(2)24-9-16(18)21(3,4)11-25/h6-8,10H,9,11H2,1-5H3,(H,23,26). The van der Waals surface area contributed by atoms with Crippen molar-refractivity contribution in [2.75, 3.05) is 20.1 Å². The van der Waals surface area contributed by atoms with Crippen molar-refractivity contribution in [3.63, 3.8) is 0 Å². The maximum absolute atomic E-state index is 13.6. The number of aryl methyl sites for hydroxylation is 1. The summed E-state index contributed by atoms with van der Waals surface area (Å²) in [5.74, 6) is -0.870. The number of nitrogens with one attached hydrogen (secondary N) is 1. The quantitative estimate of drug-likeness (QED) is 0.871. The van der Waals surface area contributed by atoms with E-state index in [0.29, 0.717) is 29.8 Å². The van der Waals surface area contributed by atoms with Crippen molar-refractivity contribution in [2.45, 2.75) is 27.7 Å². The Morgan fingerprint density at radius 2 is 1.96 bits per heavy atom. The molecular weight excluding hydrogens is 345 g/mol. The van der Waals surface area contributed by atoms with Crippen LogP contribution in [0.3, 0.4) is 0 Å². The highest BCUT2D eigenvalue weighted by atomic mass is 19.1. The van der Waals surface area contributed by atoms with E-state index in [0.717, 1.165) is 16.9 Å². The molecule has 2 heterocycles. The maximum atomic E-state index is 13.6. The number of likely N-dealkylation sites (N-methyl/N-ethyl adjacent to an activating group) is 1. The summed E-state index contributed by atoms with van der Waals surface area (Å²) in [6, 6.07) is 4.31. The molecule has 3 rings (SSSR count). The van der Waals surface area contributed by atoms with Gasteiger partial charge in [0.15, 0.2) is 0 Å². The van der Waals surface area contributed by atoms with E-state index in [9.17, 15) is 14.0 Å². The predicted octanol–water partition coefficient (Wildman–Crippen LogP) is 3.02. The van der Waals surface area contributed by atoms with Gasteiger partial charge in [0.05, 0.1) is 12.1 Å². The predicted molar refractivity (Wildman–Crippen MR) is 103 cm³/mol. The third-order valence-electron chi connectivity index (χ3n) is 5.21. The second-order valence-electron chi connectivity index (χ2n) is 7.66. The van der Waals surface area contributed by atoms with Crippen molar-refractivity contribution in [3.05, 3.63) is 58.1 Å². The lowest BCUT2D eigenvalue weighted by atomic mass is 9.80. The van der Waals surface area contributed by atoms with Crippen LogP contribution < -0.4 is 5.32 Å². The van der Waals surface area contributed by atoms with E-state index in [2.05, 4.69) is 10.3 Å². The Balaban J connectivity index is 2.10. The van der Waals surface area contributed by atoms with Gasteiger partial charge in [-0.1, -0.05) is 13.8 Å². The zero-order chi connectivity index (χ0) is 19.9. The molecule has 5 nitrogen and oxygen atoms in total. The summed E-state index contributed by atoms with van der Waals surface area (Å²) in [4.78, 5) is 31.8. The van der Waals surface area contributed by atoms with Gasteiger partial charge in [0.2, 0.25) is 0 Å². The number of aliphatic imine (C=N–C) groups is 1. The first-order valence-electron chi connectivity index (χ1n) is 8.92. The summed E-state index contributed by atoms with van der Waals surface area (Å²) >= 11 is 0. The van der Waals surface area contributed by atoms with Gasteiger partial charge in [-0.15, -0.1) is 0 Å². The smallest absolute Gasteiger partial charge is 0.257 e. The average molecular weight is 369 g/mol. The molecule has 2 aliphatic heterocycles. The topological polar surface area (TPSA) is 61.8 Å². The second kappa shape index (κ2) is 6.76. The summed E-state index contributed by atoms with van der Waals surface area (Å²) in [6.07, 6.45) is 1.61. The molecule has 0 bridgehead atoms. The largest absolute Gasteiger partial charge is 0.355 e. The van der Waals surface area contributed by atoms with Crippen LogP contribution in [0.2, 0.25) is 0 Å². The molecule has 1 N–H and O–H groups in total. The molecule has 0 fully saturated rings. The van der Waals surface area contributed by atoms with Crippen LogP contribution in [0.4, 0.5) is 4.39 Å². The molecule has 0 aromatic heterocycles. The van der Waals surface area contributed by atoms with E-state index < -0.39 is 0 Å². The van der Waals surface area contributed by atoms with Crippen LogP contribution >= 0.6 is 0 Å². The van der Waals surface area contributed by atoms with Crippen molar-refractivity contribution >= 4 is 17.5 Å². The highest BCUT2D eigenvalue weighted by Crippen LogP contribution is 2.39. The molecule has 6 heteroatoms. The Hall–Kier alpha value is -2.76. The first kappa shape index (κ1) is 19.0. The number of halogens is 1. The van der Waals surface area contributed by atoms with Gasteiger partial charge in [-0.2, -0.15) is 0 Å². The highest BCUT2D eigenvalue weighted by molar-refractivity contribution is 6.15. The van der Waals surface area contributed by atoms with Crippen LogP contribution in [0.25, 0.3) is 0 Å². The fourth-order valence-corrected chi connectivity index (χ4v) is 3.65. The number of rotatable bonds is 2. The Kier molecular flexibility index (Phi) is 4.76. The third-order valence-corrected chi connectivity index (χ3v) is 5.21. The number of amides is 2. The zero-order valence-electron chi connectivity index (χ0n) is 16.3. The summed E-state index contributed by atoms with van der Waals surface area (Å²) in [7, 11) is 1.57. The van der Waals surface area contributed by atoms with Gasteiger partial charge in [0.25, 0.3) is 11.8 Å². The molecule has 1 aromatic carbocycles. The molecule has 0 radical (unpaired) electrons. The minimum atomic E-state index is -0.354. The molecule has 2 aliphatic rings. The number of carbonyl (C=O) groups is 2. The normalized spacial score (nSPS) is 18.5. The number of hydrogen-bond donors (Lipinski definition) is 1. The van der Waals surface area contributed by atoms with Gasteiger partial charge in [-0.25, -0.2) is 4.39 Å². The number of carbonyl (C=O) groups excluding carboxylic acids is 2. The molecule has 0 saturated heterocycles. The summed E-state index contributed by atoms with van der Waals surface area (Å²) < 4.78 is 13.6. The highest BCUT2D eigenvalue weighted by Gasteiger charge is 2.38. The second-order valence-corrected chi connectivity index (χ2v) is 7.66. The first-order valence-corrected chi connectivity index (χ1v) is 8.92. The summed E-state index contributed by atoms with van der Waals surface area (Å²) in [6.45, 7) is 8.54. The Labute approximate surface area is 158 Å². The van der Waals surface area contributed by atoms with Crippen LogP contribution in [0, 0.1) is 18.2 Å². The molecule has 1 aromatic rings. The number of hydrogen-bond acceptors (Lipinski definition) is 3. The summed E-state index contributed by atoms with van der Waals surface area (Å²) in [5.41, 5.74) is 3.57. The SMILES string of the molecule is CNC(=O)C1=CN(C(=O)c2ccc(F)c(C)c2)CC(C)(C)C2=C1C(C)=NC2. The molecular formula is C21H24FN3O2. The Morgan fingerprint density at radius 3 is 2.59 bits per heavy atom. The lowest BCUT2D eigenvalue weighted by Crippen LogP contribution is -2.36. The van der Waals surface area contributed by atoms with Gasteiger partial charge in [0, 0.05) is 42.1 Å². The molecule has 0 saturated carbocycles. The van der Waals surface area contributed by atoms with E-state index in [1.165, 1.54) is 18.2 Å². The van der Waals surface area contributed by atoms with E-state index in [4.69, 9.17) is 0 Å². The van der Waals surface area contributed by atoms with Crippen molar-refractivity contribution < 1.29 is 14.0 Å². The molecule has 0 spiro atoms. The van der Waals surface area contributed by atoms with Gasteiger partial charge in [-0.3, -0.25) is 14.6 Å². The van der Waals surface area contributed by atoms with Crippen molar-refractivity contribution in [2.24, 2.45) is 10.4 Å². The Morgan fingerprint density at radius 1 is 1.26 bits per heavy atom. The van der Waals surface area contributed by atoms with Crippen molar-refractivity contribution in [3.8, 4) is 0 Å². The van der Waals surface area contributed by atoms with Crippen LogP contribution in [-0.2, 0) is 4.79 Å². The molecule has 0 atom stereocenters. The molecule has 142 valence electrons.